The van der Waals surface area contributed by atoms with Gasteiger partial charge in [0.1, 0.15) is 10.7 Å². The monoisotopic (exact) mass is 255 g/mol. The minimum absolute atomic E-state index is 0.0200. The van der Waals surface area contributed by atoms with Gasteiger partial charge in [-0.2, -0.15) is 0 Å². The van der Waals surface area contributed by atoms with Gasteiger partial charge in [0.15, 0.2) is 0 Å². The molecule has 2 heterocycles. The summed E-state index contributed by atoms with van der Waals surface area (Å²) in [6, 6.07) is 0. The molecule has 1 unspecified atom stereocenters. The van der Waals surface area contributed by atoms with Gasteiger partial charge < -0.3 is 11.1 Å². The Kier molecular flexibility index (Phi) is 3.90. The zero-order valence-electron chi connectivity index (χ0n) is 9.85. The second-order valence-corrected chi connectivity index (χ2v) is 5.03. The van der Waals surface area contributed by atoms with Crippen molar-refractivity contribution in [2.75, 3.05) is 25.5 Å². The summed E-state index contributed by atoms with van der Waals surface area (Å²) in [6.07, 6.45) is 1.92. The predicted octanol–water partition coefficient (Wildman–Crippen LogP) is 0.277. The van der Waals surface area contributed by atoms with Gasteiger partial charge in [-0.05, 0) is 19.4 Å². The van der Waals surface area contributed by atoms with E-state index in [0.29, 0.717) is 0 Å². The molecule has 7 heteroatoms. The van der Waals surface area contributed by atoms with Crippen LogP contribution in [0.15, 0.2) is 0 Å². The summed E-state index contributed by atoms with van der Waals surface area (Å²) in [7, 11) is 1.86. The molecule has 2 rings (SSSR count). The van der Waals surface area contributed by atoms with Gasteiger partial charge in [0.25, 0.3) is 0 Å². The zero-order valence-corrected chi connectivity index (χ0v) is 10.7. The van der Waals surface area contributed by atoms with Gasteiger partial charge in [-0.25, -0.2) is 0 Å². The average molecular weight is 255 g/mol. The number of nitrogens with two attached hydrogens (primary N) is 1. The standard InChI is InChI=1S/C10H17N5OS/c1-12-10-8(13-14-17-10)6-15-4-2-3-7(5-15)9(11)16/h7,12H,2-6H2,1H3,(H2,11,16). The summed E-state index contributed by atoms with van der Waals surface area (Å²) in [5.74, 6) is -0.215. The SMILES string of the molecule is CNc1snnc1CN1CCCC(C(N)=O)C1. The number of primary amides is 1. The van der Waals surface area contributed by atoms with E-state index in [1.54, 1.807) is 0 Å². The van der Waals surface area contributed by atoms with Crippen molar-refractivity contribution in [1.82, 2.24) is 14.5 Å². The van der Waals surface area contributed by atoms with Gasteiger partial charge >= 0.3 is 0 Å². The number of hydrogen-bond donors (Lipinski definition) is 2. The largest absolute Gasteiger partial charge is 0.377 e. The fourth-order valence-electron chi connectivity index (χ4n) is 2.15. The first-order chi connectivity index (χ1) is 8.20. The highest BCUT2D eigenvalue weighted by Crippen LogP contribution is 2.22. The van der Waals surface area contributed by atoms with E-state index in [2.05, 4.69) is 19.8 Å². The third kappa shape index (κ3) is 2.92. The van der Waals surface area contributed by atoms with E-state index >= 15 is 0 Å². The lowest BCUT2D eigenvalue weighted by Crippen LogP contribution is -2.40. The predicted molar refractivity (Wildman–Crippen MR) is 66.7 cm³/mol. The van der Waals surface area contributed by atoms with Crippen LogP contribution in [0.5, 0.6) is 0 Å². The van der Waals surface area contributed by atoms with Crippen molar-refractivity contribution in [3.05, 3.63) is 5.69 Å². The lowest BCUT2D eigenvalue weighted by atomic mass is 9.97. The van der Waals surface area contributed by atoms with E-state index in [0.717, 1.165) is 43.2 Å². The van der Waals surface area contributed by atoms with Crippen molar-refractivity contribution in [2.45, 2.75) is 19.4 Å². The van der Waals surface area contributed by atoms with Crippen LogP contribution in [0.25, 0.3) is 0 Å². The van der Waals surface area contributed by atoms with E-state index in [4.69, 9.17) is 5.73 Å². The summed E-state index contributed by atoms with van der Waals surface area (Å²) in [6.45, 7) is 2.46. The molecular formula is C10H17N5OS. The highest BCUT2D eigenvalue weighted by atomic mass is 32.1. The molecule has 1 amide bonds. The Morgan fingerprint density at radius 2 is 2.53 bits per heavy atom. The molecule has 1 aliphatic heterocycles. The molecule has 6 nitrogen and oxygen atoms in total. The maximum atomic E-state index is 11.2. The number of anilines is 1. The summed E-state index contributed by atoms with van der Waals surface area (Å²) in [5, 5.41) is 8.17. The molecule has 0 radical (unpaired) electrons. The molecule has 0 aliphatic carbocycles. The van der Waals surface area contributed by atoms with E-state index < -0.39 is 0 Å². The second kappa shape index (κ2) is 5.42. The first-order valence-corrected chi connectivity index (χ1v) is 6.48. The van der Waals surface area contributed by atoms with E-state index in [1.807, 2.05) is 7.05 Å². The topological polar surface area (TPSA) is 84.1 Å². The average Bonchev–Trinajstić information content (AvgIpc) is 2.76. The lowest BCUT2D eigenvalue weighted by Gasteiger charge is -2.30. The molecule has 0 bridgehead atoms. The van der Waals surface area contributed by atoms with Crippen LogP contribution in [0.3, 0.4) is 0 Å². The number of likely N-dealkylation sites (tertiary alicyclic amines) is 1. The minimum Gasteiger partial charge on any atom is -0.377 e. The normalized spacial score (nSPS) is 21.4. The van der Waals surface area contributed by atoms with Gasteiger partial charge in [-0.1, -0.05) is 4.49 Å². The van der Waals surface area contributed by atoms with Crippen LogP contribution in [-0.4, -0.2) is 40.5 Å². The molecule has 1 saturated heterocycles. The molecule has 0 aromatic carbocycles. The lowest BCUT2D eigenvalue weighted by molar-refractivity contribution is -0.123. The molecule has 17 heavy (non-hydrogen) atoms. The van der Waals surface area contributed by atoms with Crippen LogP contribution in [-0.2, 0) is 11.3 Å². The number of nitrogens with zero attached hydrogens (tertiary/aromatic N) is 3. The molecule has 1 aromatic heterocycles. The van der Waals surface area contributed by atoms with Crippen LogP contribution in [0.4, 0.5) is 5.00 Å². The number of nitrogens with one attached hydrogen (secondary N) is 1. The minimum atomic E-state index is -0.194. The number of aromatic nitrogens is 2. The molecular weight excluding hydrogens is 238 g/mol. The Morgan fingerprint density at radius 1 is 1.71 bits per heavy atom. The Bertz CT molecular complexity index is 394. The van der Waals surface area contributed by atoms with E-state index in [9.17, 15) is 4.79 Å². The van der Waals surface area contributed by atoms with Crippen LogP contribution in [0.2, 0.25) is 0 Å². The molecule has 1 atom stereocenters. The van der Waals surface area contributed by atoms with Crippen molar-refractivity contribution in [1.29, 1.82) is 0 Å². The Morgan fingerprint density at radius 3 is 3.24 bits per heavy atom. The van der Waals surface area contributed by atoms with E-state index in [1.165, 1.54) is 11.5 Å². The first kappa shape index (κ1) is 12.3. The highest BCUT2D eigenvalue weighted by Gasteiger charge is 2.24. The number of rotatable bonds is 4. The number of carbonyl (C=O) groups is 1. The van der Waals surface area contributed by atoms with Crippen molar-refractivity contribution in [3.8, 4) is 0 Å². The van der Waals surface area contributed by atoms with Gasteiger partial charge in [0, 0.05) is 31.7 Å². The van der Waals surface area contributed by atoms with Gasteiger partial charge in [0.05, 0.1) is 5.92 Å². The molecule has 1 fully saturated rings. The fraction of sp³-hybridized carbons (Fsp3) is 0.700. The first-order valence-electron chi connectivity index (χ1n) is 5.71. The van der Waals surface area contributed by atoms with Crippen molar-refractivity contribution < 1.29 is 4.79 Å². The van der Waals surface area contributed by atoms with Crippen molar-refractivity contribution >= 4 is 22.4 Å². The summed E-state index contributed by atoms with van der Waals surface area (Å²) < 4.78 is 3.92. The van der Waals surface area contributed by atoms with Crippen LogP contribution >= 0.6 is 11.5 Å². The maximum absolute atomic E-state index is 11.2. The molecule has 1 aliphatic rings. The number of hydrogen-bond acceptors (Lipinski definition) is 6. The zero-order chi connectivity index (χ0) is 12.3. The second-order valence-electron chi connectivity index (χ2n) is 4.28. The third-order valence-electron chi connectivity index (χ3n) is 3.06. The van der Waals surface area contributed by atoms with Crippen LogP contribution in [0.1, 0.15) is 18.5 Å². The van der Waals surface area contributed by atoms with Crippen LogP contribution < -0.4 is 11.1 Å². The van der Waals surface area contributed by atoms with Gasteiger partial charge in [0.2, 0.25) is 5.91 Å². The van der Waals surface area contributed by atoms with Gasteiger partial charge in [-0.3, -0.25) is 9.69 Å². The Hall–Kier alpha value is -1.21. The van der Waals surface area contributed by atoms with Gasteiger partial charge in [-0.15, -0.1) is 5.10 Å². The fourth-order valence-corrected chi connectivity index (χ4v) is 2.67. The van der Waals surface area contributed by atoms with Crippen molar-refractivity contribution in [3.63, 3.8) is 0 Å². The summed E-state index contributed by atoms with van der Waals surface area (Å²) in [5.41, 5.74) is 6.30. The Balaban J connectivity index is 1.97. The molecule has 1 aromatic rings. The third-order valence-corrected chi connectivity index (χ3v) is 3.85. The smallest absolute Gasteiger partial charge is 0.221 e. The number of amides is 1. The molecule has 94 valence electrons. The summed E-state index contributed by atoms with van der Waals surface area (Å²) in [4.78, 5) is 13.4. The Labute approximate surface area is 104 Å². The number of piperidine rings is 1. The molecule has 3 N–H and O–H groups in total. The highest BCUT2D eigenvalue weighted by molar-refractivity contribution is 7.10. The maximum Gasteiger partial charge on any atom is 0.221 e. The number of carbonyl (C=O) groups excluding carboxylic acids is 1. The quantitative estimate of drug-likeness (QED) is 0.807. The van der Waals surface area contributed by atoms with E-state index in [-0.39, 0.29) is 11.8 Å². The summed E-state index contributed by atoms with van der Waals surface area (Å²) >= 11 is 1.35. The van der Waals surface area contributed by atoms with Crippen LogP contribution in [0, 0.1) is 5.92 Å². The van der Waals surface area contributed by atoms with Crippen molar-refractivity contribution in [2.24, 2.45) is 11.7 Å². The molecule has 0 spiro atoms. The molecule has 0 saturated carbocycles.